The molecule has 11 rings (SSSR count). The first-order chi connectivity index (χ1) is 36.4. The largest absolute Gasteiger partial charge is 0.311 e. The molecule has 0 bridgehead atoms. The predicted molar refractivity (Wildman–Crippen MR) is 342 cm³/mol. The number of hydrogen-bond acceptors (Lipinski definition) is 4. The predicted octanol–water partition coefficient (Wildman–Crippen LogP) is 19.2. The van der Waals surface area contributed by atoms with Gasteiger partial charge in [0, 0.05) is 39.6 Å². The van der Waals surface area contributed by atoms with E-state index in [9.17, 15) is 0 Å². The number of benzene rings is 8. The molecule has 0 fully saturated rings. The quantitative estimate of drug-likeness (QED) is 0.160. The van der Waals surface area contributed by atoms with Crippen LogP contribution in [0.5, 0.6) is 0 Å². The van der Waals surface area contributed by atoms with Crippen LogP contribution in [0.3, 0.4) is 0 Å². The third-order valence-corrected chi connectivity index (χ3v) is 17.7. The second-order valence-corrected chi connectivity index (χ2v) is 29.7. The highest BCUT2D eigenvalue weighted by molar-refractivity contribution is 7.21. The van der Waals surface area contributed by atoms with Gasteiger partial charge in [0.2, 0.25) is 0 Å². The van der Waals surface area contributed by atoms with Gasteiger partial charge in [0.05, 0.1) is 15.9 Å². The number of thiazole rings is 1. The van der Waals surface area contributed by atoms with Crippen LogP contribution in [0.1, 0.15) is 158 Å². The van der Waals surface area contributed by atoms with Gasteiger partial charge in [-0.15, -0.1) is 11.3 Å². The maximum absolute atomic E-state index is 5.57. The summed E-state index contributed by atoms with van der Waals surface area (Å²) in [6, 6.07) is 61.5. The van der Waals surface area contributed by atoms with Crippen LogP contribution in [-0.2, 0) is 32.5 Å². The standard InChI is InChI=1S/C73H80BN3S/c1-68(2,3)49-27-23-46(24-28-49)45-19-21-48(22-20-45)67-75-59-43-58-62(44-65(59)78-67)77(60-37-33-52(71(10,11)12)39-56(60)47-25-29-50(30-26-47)69(4,5)6)64-42-54(73(16,17)18)41-63-66(64)74(58)57-40-53(72(13,14)15)34-38-61(57)76(63)55-35-31-51(32-36-55)70(7,8)9/h19-44H,1-18H3. The van der Waals surface area contributed by atoms with E-state index in [0.29, 0.717) is 0 Å². The minimum Gasteiger partial charge on any atom is -0.311 e. The normalized spacial score (nSPS) is 13.9. The van der Waals surface area contributed by atoms with Gasteiger partial charge in [0.25, 0.3) is 6.71 Å². The lowest BCUT2D eigenvalue weighted by molar-refractivity contribution is 0.589. The summed E-state index contributed by atoms with van der Waals surface area (Å²) in [6.45, 7) is 41.7. The third kappa shape index (κ3) is 9.63. The van der Waals surface area contributed by atoms with Gasteiger partial charge in [-0.05, 0) is 154 Å². The second kappa shape index (κ2) is 18.5. The monoisotopic (exact) mass is 1040 g/mol. The molecule has 5 heteroatoms. The van der Waals surface area contributed by atoms with Crippen molar-refractivity contribution in [3.63, 3.8) is 0 Å². The Morgan fingerprint density at radius 1 is 0.333 bits per heavy atom. The molecule has 0 aliphatic carbocycles. The zero-order valence-corrected chi connectivity index (χ0v) is 50.7. The van der Waals surface area contributed by atoms with E-state index in [0.717, 1.165) is 16.1 Å². The van der Waals surface area contributed by atoms with Crippen molar-refractivity contribution in [2.24, 2.45) is 0 Å². The fourth-order valence-corrected chi connectivity index (χ4v) is 12.6. The molecule has 2 aliphatic rings. The Hall–Kier alpha value is -6.69. The lowest BCUT2D eigenvalue weighted by Gasteiger charge is -2.46. The van der Waals surface area contributed by atoms with Gasteiger partial charge < -0.3 is 9.80 Å². The third-order valence-electron chi connectivity index (χ3n) is 16.7. The summed E-state index contributed by atoms with van der Waals surface area (Å²) in [5, 5.41) is 1.03. The number of rotatable bonds is 5. The SMILES string of the molecule is CC(C)(C)c1ccc(-c2ccc(-c3nc4cc5c(cc4s3)N(c3ccc(C(C)(C)C)cc3-c3ccc(C(C)(C)C)cc3)c3cc(C(C)(C)C)cc4c3B5c3cc(C(C)(C)C)ccc3N4c3ccc(C(C)(C)C)cc3)cc2)cc1. The Bertz CT molecular complexity index is 3760. The Morgan fingerprint density at radius 2 is 0.744 bits per heavy atom. The van der Waals surface area contributed by atoms with Gasteiger partial charge >= 0.3 is 0 Å². The molecule has 9 aromatic rings. The van der Waals surface area contributed by atoms with Gasteiger partial charge in [0.1, 0.15) is 5.01 Å². The van der Waals surface area contributed by atoms with Crippen LogP contribution in [0.4, 0.5) is 34.1 Å². The average Bonchev–Trinajstić information content (AvgIpc) is 3.95. The smallest absolute Gasteiger partial charge is 0.252 e. The summed E-state index contributed by atoms with van der Waals surface area (Å²) in [5.74, 6) is 0. The van der Waals surface area contributed by atoms with E-state index >= 15 is 0 Å². The number of hydrogen-bond donors (Lipinski definition) is 0. The molecule has 0 saturated carbocycles. The van der Waals surface area contributed by atoms with Crippen LogP contribution in [0.15, 0.2) is 158 Å². The summed E-state index contributed by atoms with van der Waals surface area (Å²) >= 11 is 1.80. The van der Waals surface area contributed by atoms with Crippen molar-refractivity contribution >= 4 is 78.8 Å². The van der Waals surface area contributed by atoms with Crippen molar-refractivity contribution in [1.82, 2.24) is 4.98 Å². The summed E-state index contributed by atoms with van der Waals surface area (Å²) in [7, 11) is 0. The maximum atomic E-state index is 5.57. The van der Waals surface area contributed by atoms with E-state index < -0.39 is 0 Å². The summed E-state index contributed by atoms with van der Waals surface area (Å²) in [5.41, 5.74) is 26.0. The topological polar surface area (TPSA) is 19.4 Å². The Morgan fingerprint density at radius 3 is 1.26 bits per heavy atom. The van der Waals surface area contributed by atoms with Crippen LogP contribution >= 0.6 is 11.3 Å². The number of nitrogens with zero attached hydrogens (tertiary/aromatic N) is 3. The molecule has 396 valence electrons. The number of aromatic nitrogens is 1. The first-order valence-electron chi connectivity index (χ1n) is 28.4. The van der Waals surface area contributed by atoms with E-state index in [1.807, 2.05) is 0 Å². The number of fused-ring (bicyclic) bond motifs is 5. The van der Waals surface area contributed by atoms with E-state index in [-0.39, 0.29) is 39.2 Å². The van der Waals surface area contributed by atoms with Crippen molar-refractivity contribution in [2.75, 3.05) is 9.80 Å². The fraction of sp³-hybridized carbons (Fsp3) is 0.329. The van der Waals surface area contributed by atoms with Gasteiger partial charge in [0.15, 0.2) is 0 Å². The highest BCUT2D eigenvalue weighted by Crippen LogP contribution is 2.50. The molecule has 2 aliphatic heterocycles. The van der Waals surface area contributed by atoms with Gasteiger partial charge in [-0.1, -0.05) is 228 Å². The molecular formula is C73H80BN3S. The van der Waals surface area contributed by atoms with Crippen LogP contribution in [0, 0.1) is 0 Å². The molecule has 0 N–H and O–H groups in total. The maximum Gasteiger partial charge on any atom is 0.252 e. The summed E-state index contributed by atoms with van der Waals surface area (Å²) < 4.78 is 1.17. The van der Waals surface area contributed by atoms with Crippen molar-refractivity contribution in [3.05, 3.63) is 191 Å². The molecule has 0 atom stereocenters. The Kier molecular flexibility index (Phi) is 12.6. The van der Waals surface area contributed by atoms with Gasteiger partial charge in [-0.2, -0.15) is 0 Å². The molecule has 0 spiro atoms. The lowest BCUT2D eigenvalue weighted by Crippen LogP contribution is -2.61. The molecule has 8 aromatic carbocycles. The lowest BCUT2D eigenvalue weighted by atomic mass is 9.33. The fourth-order valence-electron chi connectivity index (χ4n) is 11.6. The minimum absolute atomic E-state index is 0.0249. The minimum atomic E-state index is -0.158. The Balaban J connectivity index is 1.20. The van der Waals surface area contributed by atoms with Gasteiger partial charge in [-0.25, -0.2) is 4.98 Å². The first kappa shape index (κ1) is 53.3. The summed E-state index contributed by atoms with van der Waals surface area (Å²) in [4.78, 5) is 10.8. The molecule has 0 unspecified atom stereocenters. The van der Waals surface area contributed by atoms with Crippen molar-refractivity contribution < 1.29 is 0 Å². The average molecular weight is 1040 g/mol. The van der Waals surface area contributed by atoms with E-state index in [4.69, 9.17) is 4.98 Å². The molecule has 1 aromatic heterocycles. The van der Waals surface area contributed by atoms with Gasteiger partial charge in [-0.3, -0.25) is 0 Å². The molecule has 3 nitrogen and oxygen atoms in total. The molecule has 0 saturated heterocycles. The van der Waals surface area contributed by atoms with E-state index in [1.165, 1.54) is 111 Å². The molecule has 0 amide bonds. The second-order valence-electron chi connectivity index (χ2n) is 28.7. The van der Waals surface area contributed by atoms with Crippen molar-refractivity contribution in [1.29, 1.82) is 0 Å². The van der Waals surface area contributed by atoms with Crippen LogP contribution in [0.25, 0.3) is 43.0 Å². The summed E-state index contributed by atoms with van der Waals surface area (Å²) in [6.07, 6.45) is 0. The first-order valence-corrected chi connectivity index (χ1v) is 29.2. The van der Waals surface area contributed by atoms with Crippen molar-refractivity contribution in [3.8, 4) is 32.8 Å². The molecule has 78 heavy (non-hydrogen) atoms. The zero-order valence-electron chi connectivity index (χ0n) is 49.8. The highest BCUT2D eigenvalue weighted by Gasteiger charge is 2.45. The van der Waals surface area contributed by atoms with Crippen molar-refractivity contribution in [2.45, 2.75) is 157 Å². The van der Waals surface area contributed by atoms with E-state index in [2.05, 4.69) is 292 Å². The zero-order chi connectivity index (χ0) is 55.8. The molecule has 3 heterocycles. The van der Waals surface area contributed by atoms with Crippen LogP contribution < -0.4 is 26.2 Å². The van der Waals surface area contributed by atoms with Crippen LogP contribution in [0.2, 0.25) is 0 Å². The molecular weight excluding hydrogens is 962 g/mol. The molecule has 0 radical (unpaired) electrons. The van der Waals surface area contributed by atoms with E-state index in [1.54, 1.807) is 11.3 Å². The Labute approximate surface area is 471 Å². The number of anilines is 6. The highest BCUT2D eigenvalue weighted by atomic mass is 32.1. The van der Waals surface area contributed by atoms with Crippen LogP contribution in [-0.4, -0.2) is 11.7 Å².